The third-order valence-corrected chi connectivity index (χ3v) is 2.66. The molecule has 0 bridgehead atoms. The number of nitrogens with zero attached hydrogens (tertiary/aromatic N) is 4. The standard InChI is InChI=1S/C11H10F3N5O2/c1-19-6(5-16-18-19)4-15-9-7(11(12,13)14)2-3-8(17-9)10(20)21/h2-3,5H,4H2,1H3,(H,15,17)(H,20,21). The lowest BCUT2D eigenvalue weighted by Gasteiger charge is -2.14. The van der Waals surface area contributed by atoms with Gasteiger partial charge >= 0.3 is 12.1 Å². The second kappa shape index (κ2) is 5.38. The van der Waals surface area contributed by atoms with Crippen molar-refractivity contribution in [1.82, 2.24) is 20.0 Å². The second-order valence-corrected chi connectivity index (χ2v) is 4.10. The molecule has 2 aromatic heterocycles. The van der Waals surface area contributed by atoms with Crippen LogP contribution in [0.5, 0.6) is 0 Å². The second-order valence-electron chi connectivity index (χ2n) is 4.10. The van der Waals surface area contributed by atoms with E-state index in [0.29, 0.717) is 11.8 Å². The highest BCUT2D eigenvalue weighted by atomic mass is 19.4. The van der Waals surface area contributed by atoms with E-state index in [-0.39, 0.29) is 6.54 Å². The molecular weight excluding hydrogens is 291 g/mol. The molecule has 2 N–H and O–H groups in total. The first-order valence-electron chi connectivity index (χ1n) is 5.68. The van der Waals surface area contributed by atoms with E-state index in [1.54, 1.807) is 7.05 Å². The first kappa shape index (κ1) is 14.8. The summed E-state index contributed by atoms with van der Waals surface area (Å²) in [6.07, 6.45) is -3.27. The molecule has 21 heavy (non-hydrogen) atoms. The summed E-state index contributed by atoms with van der Waals surface area (Å²) in [5.41, 5.74) is -0.998. The first-order valence-corrected chi connectivity index (χ1v) is 5.68. The van der Waals surface area contributed by atoms with E-state index in [1.165, 1.54) is 10.9 Å². The molecule has 0 radical (unpaired) electrons. The van der Waals surface area contributed by atoms with Gasteiger partial charge in [0.05, 0.1) is 24.0 Å². The van der Waals surface area contributed by atoms with E-state index < -0.39 is 29.2 Å². The molecule has 112 valence electrons. The van der Waals surface area contributed by atoms with E-state index in [2.05, 4.69) is 20.6 Å². The summed E-state index contributed by atoms with van der Waals surface area (Å²) >= 11 is 0. The maximum atomic E-state index is 12.9. The maximum Gasteiger partial charge on any atom is 0.419 e. The molecule has 0 unspecified atom stereocenters. The Balaban J connectivity index is 2.32. The monoisotopic (exact) mass is 301 g/mol. The van der Waals surface area contributed by atoms with Crippen molar-refractivity contribution in [2.45, 2.75) is 12.7 Å². The highest BCUT2D eigenvalue weighted by Gasteiger charge is 2.34. The average Bonchev–Trinajstić information content (AvgIpc) is 2.80. The number of carboxylic acid groups (broad SMARTS) is 1. The minimum absolute atomic E-state index is 0.0251. The molecule has 0 aliphatic carbocycles. The van der Waals surface area contributed by atoms with Gasteiger partial charge in [0.1, 0.15) is 5.82 Å². The van der Waals surface area contributed by atoms with Crippen LogP contribution in [-0.2, 0) is 19.8 Å². The summed E-state index contributed by atoms with van der Waals surface area (Å²) < 4.78 is 40.0. The number of rotatable bonds is 4. The minimum atomic E-state index is -4.64. The van der Waals surface area contributed by atoms with Gasteiger partial charge in [-0.3, -0.25) is 4.68 Å². The number of anilines is 1. The molecule has 0 saturated carbocycles. The van der Waals surface area contributed by atoms with E-state index >= 15 is 0 Å². The Labute approximate surface area is 116 Å². The van der Waals surface area contributed by atoms with Crippen LogP contribution >= 0.6 is 0 Å². The number of aryl methyl sites for hydroxylation is 1. The van der Waals surface area contributed by atoms with Crippen molar-refractivity contribution >= 4 is 11.8 Å². The molecule has 0 saturated heterocycles. The van der Waals surface area contributed by atoms with Gasteiger partial charge in [-0.1, -0.05) is 5.21 Å². The number of alkyl halides is 3. The topological polar surface area (TPSA) is 92.9 Å². The largest absolute Gasteiger partial charge is 0.477 e. The Hall–Kier alpha value is -2.65. The smallest absolute Gasteiger partial charge is 0.419 e. The van der Waals surface area contributed by atoms with Crippen LogP contribution in [0.1, 0.15) is 21.7 Å². The predicted octanol–water partition coefficient (Wildman–Crippen LogP) is 1.54. The normalized spacial score (nSPS) is 11.4. The summed E-state index contributed by atoms with van der Waals surface area (Å²) in [6.45, 7) is -0.0251. The molecule has 2 aromatic rings. The molecule has 0 fully saturated rings. The van der Waals surface area contributed by atoms with Crippen molar-refractivity contribution < 1.29 is 23.1 Å². The summed E-state index contributed by atoms with van der Waals surface area (Å²) in [7, 11) is 1.58. The fourth-order valence-electron chi connectivity index (χ4n) is 1.59. The van der Waals surface area contributed by atoms with Gasteiger partial charge in [0.25, 0.3) is 0 Å². The van der Waals surface area contributed by atoms with Crippen molar-refractivity contribution in [2.24, 2.45) is 7.05 Å². The number of aromatic carboxylic acids is 1. The predicted molar refractivity (Wildman–Crippen MR) is 64.5 cm³/mol. The van der Waals surface area contributed by atoms with Gasteiger partial charge in [-0.25, -0.2) is 9.78 Å². The van der Waals surface area contributed by atoms with Gasteiger partial charge in [-0.15, -0.1) is 5.10 Å². The van der Waals surface area contributed by atoms with Crippen molar-refractivity contribution in [1.29, 1.82) is 0 Å². The first-order chi connectivity index (χ1) is 9.79. The number of pyridine rings is 1. The van der Waals surface area contributed by atoms with Crippen LogP contribution in [0.25, 0.3) is 0 Å². The van der Waals surface area contributed by atoms with E-state index in [9.17, 15) is 18.0 Å². The number of carbonyl (C=O) groups is 1. The van der Waals surface area contributed by atoms with Crippen LogP contribution in [0.2, 0.25) is 0 Å². The SMILES string of the molecule is Cn1nncc1CNc1nc(C(=O)O)ccc1C(F)(F)F. The summed E-state index contributed by atoms with van der Waals surface area (Å²) in [5, 5.41) is 18.5. The number of aromatic nitrogens is 4. The van der Waals surface area contributed by atoms with Crippen LogP contribution in [0.15, 0.2) is 18.3 Å². The molecule has 2 rings (SSSR count). The zero-order chi connectivity index (χ0) is 15.6. The molecule has 10 heteroatoms. The zero-order valence-electron chi connectivity index (χ0n) is 10.7. The Morgan fingerprint density at radius 3 is 2.67 bits per heavy atom. The molecular formula is C11H10F3N5O2. The fourth-order valence-corrected chi connectivity index (χ4v) is 1.59. The number of carboxylic acids is 1. The van der Waals surface area contributed by atoms with Crippen LogP contribution in [-0.4, -0.2) is 31.1 Å². The van der Waals surface area contributed by atoms with Crippen LogP contribution in [0.4, 0.5) is 19.0 Å². The average molecular weight is 301 g/mol. The Bertz CT molecular complexity index is 668. The molecule has 0 aliphatic rings. The number of hydrogen-bond acceptors (Lipinski definition) is 5. The highest BCUT2D eigenvalue weighted by molar-refractivity contribution is 5.86. The fraction of sp³-hybridized carbons (Fsp3) is 0.273. The molecule has 0 aromatic carbocycles. The van der Waals surface area contributed by atoms with Crippen LogP contribution < -0.4 is 5.32 Å². The summed E-state index contributed by atoms with van der Waals surface area (Å²) in [6, 6.07) is 1.49. The zero-order valence-corrected chi connectivity index (χ0v) is 10.7. The third-order valence-electron chi connectivity index (χ3n) is 2.66. The highest BCUT2D eigenvalue weighted by Crippen LogP contribution is 2.34. The van der Waals surface area contributed by atoms with E-state index in [4.69, 9.17) is 5.11 Å². The minimum Gasteiger partial charge on any atom is -0.477 e. The Kier molecular flexibility index (Phi) is 3.78. The Morgan fingerprint density at radius 1 is 1.43 bits per heavy atom. The lowest BCUT2D eigenvalue weighted by molar-refractivity contribution is -0.137. The lowest BCUT2D eigenvalue weighted by atomic mass is 10.2. The molecule has 2 heterocycles. The maximum absolute atomic E-state index is 12.9. The van der Waals surface area contributed by atoms with Crippen molar-refractivity contribution in [2.75, 3.05) is 5.32 Å². The van der Waals surface area contributed by atoms with Crippen molar-refractivity contribution in [3.05, 3.63) is 35.3 Å². The van der Waals surface area contributed by atoms with E-state index in [1.807, 2.05) is 0 Å². The summed E-state index contributed by atoms with van der Waals surface area (Å²) in [4.78, 5) is 14.3. The van der Waals surface area contributed by atoms with Crippen LogP contribution in [0, 0.1) is 0 Å². The number of nitrogens with one attached hydrogen (secondary N) is 1. The summed E-state index contributed by atoms with van der Waals surface area (Å²) in [5.74, 6) is -1.96. The third kappa shape index (κ3) is 3.27. The molecule has 0 amide bonds. The quantitative estimate of drug-likeness (QED) is 0.890. The van der Waals surface area contributed by atoms with Crippen molar-refractivity contribution in [3.8, 4) is 0 Å². The van der Waals surface area contributed by atoms with Gasteiger partial charge in [0, 0.05) is 7.05 Å². The Morgan fingerprint density at radius 2 is 2.14 bits per heavy atom. The van der Waals surface area contributed by atoms with Crippen LogP contribution in [0.3, 0.4) is 0 Å². The molecule has 0 spiro atoms. The van der Waals surface area contributed by atoms with Gasteiger partial charge in [-0.2, -0.15) is 13.2 Å². The van der Waals surface area contributed by atoms with E-state index in [0.717, 1.165) is 6.07 Å². The van der Waals surface area contributed by atoms with Gasteiger partial charge in [0.2, 0.25) is 0 Å². The number of halogens is 3. The molecule has 7 nitrogen and oxygen atoms in total. The van der Waals surface area contributed by atoms with Gasteiger partial charge in [0.15, 0.2) is 5.69 Å². The van der Waals surface area contributed by atoms with Gasteiger partial charge < -0.3 is 10.4 Å². The van der Waals surface area contributed by atoms with Gasteiger partial charge in [-0.05, 0) is 12.1 Å². The lowest BCUT2D eigenvalue weighted by Crippen LogP contribution is -2.15. The molecule has 0 aliphatic heterocycles. The van der Waals surface area contributed by atoms with Crippen molar-refractivity contribution in [3.63, 3.8) is 0 Å². The number of hydrogen-bond donors (Lipinski definition) is 2. The molecule has 0 atom stereocenters.